The molecule has 0 bridgehead atoms. The summed E-state index contributed by atoms with van der Waals surface area (Å²) in [6.07, 6.45) is 34.6. The SMILES string of the molecule is CCCCC/C=C\C[C@@H](O)/C=C/C=C/C=C\[C@@H](O)CCCC(=O)OC[C@H](COP(=O)(O)OCC[N+](C)(C)C)OC(=O)CCCCCCCCCCCCc1oc(CCCCC)c(C)c1C. The minimum Gasteiger partial charge on any atom is -0.466 e. The van der Waals surface area contributed by atoms with Gasteiger partial charge in [-0.3, -0.25) is 18.6 Å². The van der Waals surface area contributed by atoms with Gasteiger partial charge < -0.3 is 33.5 Å². The van der Waals surface area contributed by atoms with Crippen LogP contribution in [-0.2, 0) is 45.5 Å². The Kier molecular flexibility index (Phi) is 34.4. The van der Waals surface area contributed by atoms with Crippen LogP contribution in [0.4, 0.5) is 0 Å². The maximum atomic E-state index is 12.8. The molecule has 0 amide bonds. The average molecular weight is 937 g/mol. The maximum absolute atomic E-state index is 12.8. The number of furan rings is 1. The van der Waals surface area contributed by atoms with Crippen molar-refractivity contribution in [1.29, 1.82) is 0 Å². The quantitative estimate of drug-likeness (QED) is 0.0143. The molecule has 0 aliphatic carbocycles. The largest absolute Gasteiger partial charge is 0.472 e. The highest BCUT2D eigenvalue weighted by atomic mass is 31.2. The first-order chi connectivity index (χ1) is 31.1. The molecule has 1 heterocycles. The lowest BCUT2D eigenvalue weighted by Gasteiger charge is -2.24. The van der Waals surface area contributed by atoms with Crippen molar-refractivity contribution in [2.75, 3.05) is 47.5 Å². The van der Waals surface area contributed by atoms with Gasteiger partial charge in [-0.15, -0.1) is 0 Å². The van der Waals surface area contributed by atoms with E-state index in [2.05, 4.69) is 33.8 Å². The van der Waals surface area contributed by atoms with Crippen LogP contribution in [0.2, 0.25) is 0 Å². The molecule has 0 radical (unpaired) electrons. The van der Waals surface area contributed by atoms with Crippen LogP contribution in [0, 0.1) is 13.8 Å². The van der Waals surface area contributed by atoms with E-state index in [0.29, 0.717) is 36.7 Å². The molecule has 65 heavy (non-hydrogen) atoms. The van der Waals surface area contributed by atoms with Crippen molar-refractivity contribution in [2.24, 2.45) is 0 Å². The van der Waals surface area contributed by atoms with E-state index in [9.17, 15) is 29.3 Å². The van der Waals surface area contributed by atoms with Crippen LogP contribution >= 0.6 is 7.82 Å². The summed E-state index contributed by atoms with van der Waals surface area (Å²) in [4.78, 5) is 35.6. The molecule has 0 aromatic carbocycles. The molecule has 0 aliphatic heterocycles. The molecule has 0 saturated heterocycles. The molecule has 0 aliphatic rings. The molecule has 1 rings (SSSR count). The Morgan fingerprint density at radius 2 is 1.20 bits per heavy atom. The van der Waals surface area contributed by atoms with Gasteiger partial charge in [-0.25, -0.2) is 4.57 Å². The first-order valence-electron chi connectivity index (χ1n) is 24.9. The first-order valence-corrected chi connectivity index (χ1v) is 26.4. The lowest BCUT2D eigenvalue weighted by Crippen LogP contribution is -2.37. The predicted octanol–water partition coefficient (Wildman–Crippen LogP) is 11.8. The van der Waals surface area contributed by atoms with Crippen molar-refractivity contribution in [3.63, 3.8) is 0 Å². The highest BCUT2D eigenvalue weighted by Gasteiger charge is 2.27. The fourth-order valence-electron chi connectivity index (χ4n) is 6.97. The summed E-state index contributed by atoms with van der Waals surface area (Å²) in [5.74, 6) is 1.29. The Hall–Kier alpha value is -2.83. The topological polar surface area (TPSA) is 162 Å². The normalized spacial score (nSPS) is 14.8. The molecule has 1 aromatic rings. The van der Waals surface area contributed by atoms with Crippen molar-refractivity contribution in [1.82, 2.24) is 0 Å². The van der Waals surface area contributed by atoms with Crippen molar-refractivity contribution >= 4 is 19.8 Å². The van der Waals surface area contributed by atoms with Gasteiger partial charge >= 0.3 is 19.8 Å². The number of aliphatic hydroxyl groups excluding tert-OH is 2. The fraction of sp³-hybridized carbons (Fsp3) is 0.731. The molecular weight excluding hydrogens is 846 g/mol. The Morgan fingerprint density at radius 3 is 1.80 bits per heavy atom. The fourth-order valence-corrected chi connectivity index (χ4v) is 7.72. The van der Waals surface area contributed by atoms with E-state index in [1.165, 1.54) is 93.3 Å². The standard InChI is InChI=1S/C52H90NO11P/c1-8-10-12-13-20-26-32-46(54)33-27-23-24-28-34-47(55)35-31-39-51(56)60-42-48(43-62-65(58,59)61-41-40-53(5,6)7)63-52(57)38-30-22-19-17-15-14-16-18-21-29-37-50-45(4)44(3)49(64-50)36-25-11-9-2/h20,23-24,26-28,33-34,46-48,54-55H,8-19,21-22,25,29-32,35-43H2,1-7H3/p+1/b24-23+,26-20-,33-27+,34-28-/t46-,47-,48-/m1/s1. The zero-order chi connectivity index (χ0) is 48.2. The van der Waals surface area contributed by atoms with E-state index >= 15 is 0 Å². The Labute approximate surface area is 394 Å². The minimum absolute atomic E-state index is 0.0153. The third-order valence-electron chi connectivity index (χ3n) is 11.3. The number of rotatable bonds is 41. The zero-order valence-electron chi connectivity index (χ0n) is 41.7. The summed E-state index contributed by atoms with van der Waals surface area (Å²) in [7, 11) is 1.32. The highest BCUT2D eigenvalue weighted by molar-refractivity contribution is 7.47. The first kappa shape index (κ1) is 60.2. The van der Waals surface area contributed by atoms with E-state index < -0.39 is 44.7 Å². The highest BCUT2D eigenvalue weighted by Crippen LogP contribution is 2.43. The number of phosphoric ester groups is 1. The van der Waals surface area contributed by atoms with Crippen LogP contribution in [0.3, 0.4) is 0 Å². The molecule has 0 saturated carbocycles. The van der Waals surface area contributed by atoms with Gasteiger partial charge in [0.15, 0.2) is 6.10 Å². The summed E-state index contributed by atoms with van der Waals surface area (Å²) in [6, 6.07) is 0. The van der Waals surface area contributed by atoms with Crippen LogP contribution in [0.5, 0.6) is 0 Å². The van der Waals surface area contributed by atoms with Crippen LogP contribution in [0.25, 0.3) is 0 Å². The number of ether oxygens (including phenoxy) is 2. The number of quaternary nitrogens is 1. The number of aliphatic hydroxyl groups is 2. The molecule has 0 fully saturated rings. The third kappa shape index (κ3) is 34.2. The van der Waals surface area contributed by atoms with Gasteiger partial charge in [0.2, 0.25) is 0 Å². The number of allylic oxidation sites excluding steroid dienone is 5. The smallest absolute Gasteiger partial charge is 0.466 e. The van der Waals surface area contributed by atoms with Crippen molar-refractivity contribution in [3.8, 4) is 0 Å². The van der Waals surface area contributed by atoms with Crippen molar-refractivity contribution < 1.29 is 56.7 Å². The van der Waals surface area contributed by atoms with E-state index in [0.717, 1.165) is 44.9 Å². The van der Waals surface area contributed by atoms with E-state index in [1.807, 2.05) is 27.2 Å². The molecule has 1 unspecified atom stereocenters. The second kappa shape index (κ2) is 37.2. The number of carbonyl (C=O) groups excluding carboxylic acids is 2. The summed E-state index contributed by atoms with van der Waals surface area (Å²) >= 11 is 0. The van der Waals surface area contributed by atoms with E-state index in [-0.39, 0.29) is 26.1 Å². The van der Waals surface area contributed by atoms with Crippen molar-refractivity contribution in [3.05, 3.63) is 71.3 Å². The number of phosphoric acid groups is 1. The van der Waals surface area contributed by atoms with Crippen LogP contribution < -0.4 is 0 Å². The predicted molar refractivity (Wildman–Crippen MR) is 263 cm³/mol. The van der Waals surface area contributed by atoms with Gasteiger partial charge in [0.1, 0.15) is 31.3 Å². The summed E-state index contributed by atoms with van der Waals surface area (Å²) in [6.45, 7) is 8.41. The number of aryl methyl sites for hydroxylation is 2. The second-order valence-corrected chi connectivity index (χ2v) is 19.9. The lowest BCUT2D eigenvalue weighted by molar-refractivity contribution is -0.870. The Balaban J connectivity index is 2.41. The van der Waals surface area contributed by atoms with Crippen LogP contribution in [-0.4, -0.2) is 97.3 Å². The molecule has 13 heteroatoms. The number of unbranched alkanes of at least 4 members (excludes halogenated alkanes) is 14. The molecular formula is C52H91NO11P+. The second-order valence-electron chi connectivity index (χ2n) is 18.5. The van der Waals surface area contributed by atoms with Gasteiger partial charge in [0.05, 0.1) is 40.0 Å². The molecule has 0 spiro atoms. The summed E-state index contributed by atoms with van der Waals surface area (Å²) in [5, 5.41) is 20.4. The Bertz CT molecular complexity index is 1560. The average Bonchev–Trinajstić information content (AvgIpc) is 3.51. The Morgan fingerprint density at radius 1 is 0.662 bits per heavy atom. The van der Waals surface area contributed by atoms with E-state index in [4.69, 9.17) is 22.9 Å². The van der Waals surface area contributed by atoms with Gasteiger partial charge in [0.25, 0.3) is 0 Å². The minimum atomic E-state index is -4.45. The monoisotopic (exact) mass is 937 g/mol. The van der Waals surface area contributed by atoms with Gasteiger partial charge in [-0.2, -0.15) is 0 Å². The number of esters is 2. The molecule has 1 aromatic heterocycles. The van der Waals surface area contributed by atoms with E-state index in [1.54, 1.807) is 36.5 Å². The number of hydrogen-bond donors (Lipinski definition) is 3. The molecule has 3 N–H and O–H groups in total. The number of hydrogen-bond acceptors (Lipinski definition) is 10. The van der Waals surface area contributed by atoms with Crippen LogP contribution in [0.15, 0.2) is 53.0 Å². The van der Waals surface area contributed by atoms with Crippen molar-refractivity contribution in [2.45, 2.75) is 200 Å². The number of nitrogens with zero attached hydrogens (tertiary/aromatic N) is 1. The maximum Gasteiger partial charge on any atom is 0.472 e. The summed E-state index contributed by atoms with van der Waals surface area (Å²) in [5.41, 5.74) is 2.67. The molecule has 374 valence electrons. The number of carbonyl (C=O) groups is 2. The lowest BCUT2D eigenvalue weighted by atomic mass is 10.0. The molecule has 4 atom stereocenters. The van der Waals surface area contributed by atoms with Gasteiger partial charge in [-0.05, 0) is 76.3 Å². The van der Waals surface area contributed by atoms with Crippen LogP contribution in [0.1, 0.15) is 178 Å². The molecule has 12 nitrogen and oxygen atoms in total. The third-order valence-corrected chi connectivity index (χ3v) is 12.2. The zero-order valence-corrected chi connectivity index (χ0v) is 42.5. The number of likely N-dealkylation sites (N-methyl/N-ethyl adjacent to an activating group) is 1. The van der Waals surface area contributed by atoms with Gasteiger partial charge in [-0.1, -0.05) is 140 Å². The summed E-state index contributed by atoms with van der Waals surface area (Å²) < 4.78 is 40.5. The van der Waals surface area contributed by atoms with Gasteiger partial charge in [0, 0.05) is 25.7 Å².